The van der Waals surface area contributed by atoms with Crippen molar-refractivity contribution < 1.29 is 19.4 Å². The van der Waals surface area contributed by atoms with E-state index in [2.05, 4.69) is 0 Å². The lowest BCUT2D eigenvalue weighted by molar-refractivity contribution is -0.138. The van der Waals surface area contributed by atoms with Crippen LogP contribution in [0, 0.1) is 0 Å². The summed E-state index contributed by atoms with van der Waals surface area (Å²) in [4.78, 5) is 11.1. The van der Waals surface area contributed by atoms with Crippen molar-refractivity contribution in [3.05, 3.63) is 95.6 Å². The fraction of sp³-hybridized carbons (Fsp3) is 0.174. The molecule has 3 aromatic carbocycles. The molecule has 0 fully saturated rings. The first-order valence-electron chi connectivity index (χ1n) is 9.06. The molecule has 5 nitrogen and oxygen atoms in total. The van der Waals surface area contributed by atoms with Gasteiger partial charge in [-0.1, -0.05) is 60.7 Å². The average Bonchev–Trinajstić information content (AvgIpc) is 2.72. The summed E-state index contributed by atoms with van der Waals surface area (Å²) in [6, 6.07) is 24.1. The molecule has 0 amide bonds. The lowest BCUT2D eigenvalue weighted by Gasteiger charge is -2.14. The molecule has 0 bridgehead atoms. The van der Waals surface area contributed by atoms with Gasteiger partial charge in [0.15, 0.2) is 0 Å². The number of hydrogen-bond acceptors (Lipinski definition) is 4. The fourth-order valence-electron chi connectivity index (χ4n) is 2.74. The van der Waals surface area contributed by atoms with Crippen LogP contribution in [0.4, 0.5) is 0 Å². The Kier molecular flexibility index (Phi) is 6.65. The van der Waals surface area contributed by atoms with Gasteiger partial charge in [-0.3, -0.25) is 4.79 Å². The second-order valence-electron chi connectivity index (χ2n) is 6.51. The number of benzene rings is 3. The van der Waals surface area contributed by atoms with E-state index >= 15 is 0 Å². The topological polar surface area (TPSA) is 81.8 Å². The van der Waals surface area contributed by atoms with Crippen LogP contribution < -0.4 is 15.2 Å². The van der Waals surface area contributed by atoms with Crippen molar-refractivity contribution in [2.45, 2.75) is 25.7 Å². The number of rotatable bonds is 9. The molecule has 3 aromatic rings. The van der Waals surface area contributed by atoms with Gasteiger partial charge in [0.05, 0.1) is 0 Å². The van der Waals surface area contributed by atoms with E-state index in [0.717, 1.165) is 16.7 Å². The highest BCUT2D eigenvalue weighted by Crippen LogP contribution is 2.25. The van der Waals surface area contributed by atoms with Crippen molar-refractivity contribution in [2.24, 2.45) is 5.73 Å². The third kappa shape index (κ3) is 5.86. The number of hydrogen-bond donors (Lipinski definition) is 2. The number of ether oxygens (including phenoxy) is 2. The van der Waals surface area contributed by atoms with Crippen LogP contribution in [0.1, 0.15) is 16.7 Å². The van der Waals surface area contributed by atoms with Crippen LogP contribution in [0.3, 0.4) is 0 Å². The minimum atomic E-state index is -1.04. The van der Waals surface area contributed by atoms with Gasteiger partial charge in [0.1, 0.15) is 30.8 Å². The van der Waals surface area contributed by atoms with E-state index in [9.17, 15) is 4.79 Å². The third-order valence-electron chi connectivity index (χ3n) is 4.21. The SMILES string of the molecule is NC(Cc1cc(OCc2ccccc2)cc(OCc2ccccc2)c1)C(=O)O. The Morgan fingerprint density at radius 2 is 1.25 bits per heavy atom. The van der Waals surface area contributed by atoms with E-state index in [1.165, 1.54) is 0 Å². The number of carboxylic acid groups (broad SMARTS) is 1. The zero-order valence-corrected chi connectivity index (χ0v) is 15.5. The summed E-state index contributed by atoms with van der Waals surface area (Å²) < 4.78 is 11.8. The Hall–Kier alpha value is -3.31. The Labute approximate surface area is 164 Å². The maximum absolute atomic E-state index is 11.1. The summed E-state index contributed by atoms with van der Waals surface area (Å²) in [5, 5.41) is 9.10. The summed E-state index contributed by atoms with van der Waals surface area (Å²) in [7, 11) is 0. The lowest BCUT2D eigenvalue weighted by Crippen LogP contribution is -2.32. The van der Waals surface area contributed by atoms with Crippen LogP contribution in [0.5, 0.6) is 11.5 Å². The van der Waals surface area contributed by atoms with Crippen LogP contribution in [-0.2, 0) is 24.4 Å². The Balaban J connectivity index is 1.75. The number of nitrogens with two attached hydrogens (primary N) is 1. The molecule has 0 spiro atoms. The van der Waals surface area contributed by atoms with Crippen molar-refractivity contribution in [1.29, 1.82) is 0 Å². The van der Waals surface area contributed by atoms with E-state index in [1.54, 1.807) is 12.1 Å². The number of aliphatic carboxylic acids is 1. The molecule has 0 aliphatic rings. The minimum Gasteiger partial charge on any atom is -0.489 e. The van der Waals surface area contributed by atoms with E-state index in [1.807, 2.05) is 66.7 Å². The van der Waals surface area contributed by atoms with Gasteiger partial charge < -0.3 is 20.3 Å². The lowest BCUT2D eigenvalue weighted by atomic mass is 10.1. The molecular formula is C23H23NO4. The predicted molar refractivity (Wildman–Crippen MR) is 107 cm³/mol. The highest BCUT2D eigenvalue weighted by atomic mass is 16.5. The molecule has 3 N–H and O–H groups in total. The van der Waals surface area contributed by atoms with Crippen molar-refractivity contribution in [1.82, 2.24) is 0 Å². The van der Waals surface area contributed by atoms with Crippen molar-refractivity contribution in [3.8, 4) is 11.5 Å². The predicted octanol–water partition coefficient (Wildman–Crippen LogP) is 3.80. The molecule has 0 aliphatic heterocycles. The van der Waals surface area contributed by atoms with E-state index < -0.39 is 12.0 Å². The smallest absolute Gasteiger partial charge is 0.320 e. The molecule has 1 unspecified atom stereocenters. The molecule has 0 radical (unpaired) electrons. The summed E-state index contributed by atoms with van der Waals surface area (Å²) >= 11 is 0. The average molecular weight is 377 g/mol. The van der Waals surface area contributed by atoms with E-state index in [0.29, 0.717) is 24.7 Å². The quantitative estimate of drug-likeness (QED) is 0.593. The van der Waals surface area contributed by atoms with Crippen LogP contribution in [0.2, 0.25) is 0 Å². The largest absolute Gasteiger partial charge is 0.489 e. The van der Waals surface area contributed by atoms with Gasteiger partial charge in [-0.15, -0.1) is 0 Å². The summed E-state index contributed by atoms with van der Waals surface area (Å²) in [6.45, 7) is 0.820. The highest BCUT2D eigenvalue weighted by Gasteiger charge is 2.14. The van der Waals surface area contributed by atoms with Crippen LogP contribution in [0.15, 0.2) is 78.9 Å². The molecule has 5 heteroatoms. The van der Waals surface area contributed by atoms with Gasteiger partial charge in [-0.2, -0.15) is 0 Å². The molecule has 144 valence electrons. The zero-order valence-electron chi connectivity index (χ0n) is 15.5. The van der Waals surface area contributed by atoms with Crippen molar-refractivity contribution >= 4 is 5.97 Å². The minimum absolute atomic E-state index is 0.194. The van der Waals surface area contributed by atoms with Gasteiger partial charge in [0, 0.05) is 6.07 Å². The van der Waals surface area contributed by atoms with Crippen LogP contribution >= 0.6 is 0 Å². The Bertz CT molecular complexity index is 835. The number of carbonyl (C=O) groups is 1. The molecule has 0 heterocycles. The molecule has 1 atom stereocenters. The Morgan fingerprint density at radius 1 is 0.786 bits per heavy atom. The summed E-state index contributed by atoms with van der Waals surface area (Å²) in [6.07, 6.45) is 0.194. The first kappa shape index (κ1) is 19.5. The van der Waals surface area contributed by atoms with Crippen molar-refractivity contribution in [3.63, 3.8) is 0 Å². The van der Waals surface area contributed by atoms with Gasteiger partial charge in [-0.25, -0.2) is 0 Å². The second-order valence-corrected chi connectivity index (χ2v) is 6.51. The zero-order chi connectivity index (χ0) is 19.8. The standard InChI is InChI=1S/C23H23NO4/c24-22(23(25)26)13-19-11-20(27-15-17-7-3-1-4-8-17)14-21(12-19)28-16-18-9-5-2-6-10-18/h1-12,14,22H,13,15-16,24H2,(H,25,26). The third-order valence-corrected chi connectivity index (χ3v) is 4.21. The first-order chi connectivity index (χ1) is 13.6. The van der Waals surface area contributed by atoms with E-state index in [-0.39, 0.29) is 6.42 Å². The van der Waals surface area contributed by atoms with Crippen molar-refractivity contribution in [2.75, 3.05) is 0 Å². The van der Waals surface area contributed by atoms with E-state index in [4.69, 9.17) is 20.3 Å². The molecule has 0 aromatic heterocycles. The molecule has 0 saturated heterocycles. The maximum atomic E-state index is 11.1. The fourth-order valence-corrected chi connectivity index (χ4v) is 2.74. The van der Waals surface area contributed by atoms with Gasteiger partial charge in [0.25, 0.3) is 0 Å². The Morgan fingerprint density at radius 3 is 1.68 bits per heavy atom. The highest BCUT2D eigenvalue weighted by molar-refractivity contribution is 5.73. The molecule has 28 heavy (non-hydrogen) atoms. The first-order valence-corrected chi connectivity index (χ1v) is 9.06. The molecule has 0 saturated carbocycles. The molecular weight excluding hydrogens is 354 g/mol. The van der Waals surface area contributed by atoms with Gasteiger partial charge in [-0.05, 0) is 35.2 Å². The molecule has 0 aliphatic carbocycles. The second kappa shape index (κ2) is 9.58. The summed E-state index contributed by atoms with van der Waals surface area (Å²) in [5.41, 5.74) is 8.54. The maximum Gasteiger partial charge on any atom is 0.320 e. The van der Waals surface area contributed by atoms with Gasteiger partial charge >= 0.3 is 5.97 Å². The summed E-state index contributed by atoms with van der Waals surface area (Å²) in [5.74, 6) is 0.186. The monoisotopic (exact) mass is 377 g/mol. The number of carboxylic acids is 1. The molecule has 3 rings (SSSR count). The van der Waals surface area contributed by atoms with Crippen LogP contribution in [-0.4, -0.2) is 17.1 Å². The van der Waals surface area contributed by atoms with Crippen LogP contribution in [0.25, 0.3) is 0 Å². The normalized spacial score (nSPS) is 11.6. The van der Waals surface area contributed by atoms with Gasteiger partial charge in [0.2, 0.25) is 0 Å².